The van der Waals surface area contributed by atoms with E-state index >= 15 is 0 Å². The highest BCUT2D eigenvalue weighted by Crippen LogP contribution is 2.24. The van der Waals surface area contributed by atoms with Crippen molar-refractivity contribution in [2.75, 3.05) is 53.7 Å². The molecule has 4 heterocycles. The monoisotopic (exact) mass is 1250 g/mol. The van der Waals surface area contributed by atoms with Crippen molar-refractivity contribution in [1.82, 2.24) is 55.8 Å². The van der Waals surface area contributed by atoms with Gasteiger partial charge in [0.1, 0.15) is 31.0 Å². The highest BCUT2D eigenvalue weighted by atomic mass is 33.1. The van der Waals surface area contributed by atoms with E-state index in [4.69, 9.17) is 33.4 Å². The Labute approximate surface area is 507 Å². The van der Waals surface area contributed by atoms with Gasteiger partial charge in [-0.3, -0.25) is 48.3 Å². The standard InChI is InChI=1S/C54H64N18O14S2/c55-43-41-44(70-53(58)69-43)63-22-33(65-41)11-5-27-3-6-28(7-4-27)38(74)21-31(49(80)81)10-16-39(75)62-25-40(76)86-18-19-87-88-26-37(51(84)85)68-47(78)30(2-1-17-60-52(56)57)20-35(73)14-15-36(50(82)83)67-46(77)29-8-12-32(13-9-29)61-23-34-24-64-45-42(66-34)48(79)72-54(59)71-45/h3-4,6-9,12-13,22,24,30-31,36-37,61H,1-2,5,10-11,14-21,23,25-26H2,(H,62,75)(H,67,77)(H,68,78)(H,80,81)(H,82,83)(H,84,85)(H4,56,57,60)(H4,55,58,63,69,70)(H3,59,64,71,72,79)/t30-,31+,36+,37+/m0/s1. The van der Waals surface area contributed by atoms with Crippen molar-refractivity contribution in [2.45, 2.75) is 82.8 Å². The molecule has 0 aliphatic carbocycles. The molecule has 0 saturated carbocycles. The maximum Gasteiger partial charge on any atom is 0.327 e. The summed E-state index contributed by atoms with van der Waals surface area (Å²) in [5.41, 5.74) is 30.9. The van der Waals surface area contributed by atoms with Gasteiger partial charge in [-0.1, -0.05) is 45.9 Å². The number of aliphatic carboxylic acids is 3. The summed E-state index contributed by atoms with van der Waals surface area (Å²) in [4.78, 5) is 162. The van der Waals surface area contributed by atoms with Gasteiger partial charge in [0.25, 0.3) is 11.5 Å². The number of hydrogen-bond donors (Lipinski definition) is 13. The number of ketones is 2. The molecule has 34 heteroatoms. The van der Waals surface area contributed by atoms with Gasteiger partial charge in [0.05, 0.1) is 36.2 Å². The number of carboxylic acids is 3. The number of benzene rings is 2. The van der Waals surface area contributed by atoms with Crippen LogP contribution in [-0.4, -0.2) is 158 Å². The predicted octanol–water partition coefficient (Wildman–Crippen LogP) is 0.547. The van der Waals surface area contributed by atoms with Gasteiger partial charge in [-0.05, 0) is 68.4 Å². The number of H-pyrrole nitrogens is 1. The van der Waals surface area contributed by atoms with E-state index in [1.807, 2.05) is 0 Å². The molecule has 88 heavy (non-hydrogen) atoms. The molecule has 0 radical (unpaired) electrons. The molecule has 6 aromatic rings. The molecule has 0 unspecified atom stereocenters. The number of nitrogens with zero attached hydrogens (tertiary/aromatic N) is 8. The Bertz CT molecular complexity index is 3610. The molecular formula is C54H64N18O14S2. The zero-order valence-corrected chi connectivity index (χ0v) is 48.6. The minimum atomic E-state index is -1.50. The zero-order chi connectivity index (χ0) is 63.9. The maximum atomic E-state index is 13.5. The van der Waals surface area contributed by atoms with Crippen LogP contribution in [0.25, 0.3) is 22.3 Å². The highest BCUT2D eigenvalue weighted by Gasteiger charge is 2.29. The van der Waals surface area contributed by atoms with E-state index < -0.39 is 95.6 Å². The lowest BCUT2D eigenvalue weighted by atomic mass is 9.93. The lowest BCUT2D eigenvalue weighted by Crippen LogP contribution is -2.45. The average molecular weight is 1250 g/mol. The van der Waals surface area contributed by atoms with Crippen LogP contribution in [0.15, 0.2) is 70.7 Å². The third-order valence-electron chi connectivity index (χ3n) is 13.0. The molecule has 0 aliphatic heterocycles. The number of carbonyl (C=O) groups excluding carboxylic acids is 6. The summed E-state index contributed by atoms with van der Waals surface area (Å²) in [5.74, 6) is -10.5. The van der Waals surface area contributed by atoms with Crippen LogP contribution in [0.1, 0.15) is 89.0 Å². The van der Waals surface area contributed by atoms with Gasteiger partial charge in [-0.2, -0.15) is 15.0 Å². The molecule has 466 valence electrons. The number of nitrogen functional groups attached to an aromatic ring is 3. The fraction of sp³-hybridized carbons (Fsp3) is 0.370. The largest absolute Gasteiger partial charge is 0.481 e. The molecule has 0 aliphatic rings. The smallest absolute Gasteiger partial charge is 0.327 e. The van der Waals surface area contributed by atoms with E-state index in [1.54, 1.807) is 42.6 Å². The Balaban J connectivity index is 0.870. The summed E-state index contributed by atoms with van der Waals surface area (Å²) in [7, 11) is 2.16. The van der Waals surface area contributed by atoms with Gasteiger partial charge >= 0.3 is 23.9 Å². The normalized spacial score (nSPS) is 12.4. The van der Waals surface area contributed by atoms with Crippen molar-refractivity contribution >= 4 is 126 Å². The van der Waals surface area contributed by atoms with Gasteiger partial charge in [0, 0.05) is 66.5 Å². The molecule has 4 atom stereocenters. The number of aromatic nitrogens is 8. The molecular weight excluding hydrogens is 1190 g/mol. The van der Waals surface area contributed by atoms with E-state index in [2.05, 4.69) is 66.1 Å². The summed E-state index contributed by atoms with van der Waals surface area (Å²) in [6.07, 6.45) is 2.27. The number of hydrogen-bond acceptors (Lipinski definition) is 25. The van der Waals surface area contributed by atoms with Crippen molar-refractivity contribution in [1.29, 1.82) is 0 Å². The topological polar surface area (TPSA) is 537 Å². The Hall–Kier alpha value is -10.1. The van der Waals surface area contributed by atoms with Crippen LogP contribution in [0.5, 0.6) is 0 Å². The van der Waals surface area contributed by atoms with Crippen LogP contribution in [0.2, 0.25) is 0 Å². The number of Topliss-reactive ketones (excluding diaryl/α,β-unsaturated/α-hetero) is 2. The van der Waals surface area contributed by atoms with Crippen LogP contribution in [-0.2, 0) is 57.7 Å². The average Bonchev–Trinajstić information content (AvgIpc) is 3.70. The maximum absolute atomic E-state index is 13.5. The quantitative estimate of drug-likeness (QED) is 0.00638. The van der Waals surface area contributed by atoms with E-state index in [-0.39, 0.29) is 128 Å². The van der Waals surface area contributed by atoms with Crippen LogP contribution >= 0.6 is 21.6 Å². The summed E-state index contributed by atoms with van der Waals surface area (Å²) in [6.45, 7) is -0.457. The number of nitrogens with two attached hydrogens (primary N) is 5. The first kappa shape index (κ1) is 67.0. The Morgan fingerprint density at radius 2 is 1.38 bits per heavy atom. The summed E-state index contributed by atoms with van der Waals surface area (Å²) < 4.78 is 5.14. The number of amides is 3. The fourth-order valence-corrected chi connectivity index (χ4v) is 10.4. The lowest BCUT2D eigenvalue weighted by molar-refractivity contribution is -0.144. The molecule has 0 spiro atoms. The first-order valence-electron chi connectivity index (χ1n) is 27.1. The SMILES string of the molecule is NC(N)=NCCC[C@@H](CC(=O)CC[C@@H](NC(=O)c1ccc(NCc2cnc3nc(N)[nH]c(=O)c3n2)cc1)C(=O)O)C(=O)N[C@H](CSSCCOC(=O)CNC(=O)CC[C@H](CC(=O)c1ccc(CCc2cnc3nc(N)nc(N)c3n2)cc1)C(=O)O)C(=O)O. The predicted molar refractivity (Wildman–Crippen MR) is 323 cm³/mol. The molecule has 0 saturated heterocycles. The second-order valence-corrected chi connectivity index (χ2v) is 22.2. The molecule has 6 rings (SSSR count). The van der Waals surface area contributed by atoms with Gasteiger partial charge in [-0.25, -0.2) is 29.5 Å². The van der Waals surface area contributed by atoms with E-state index in [0.717, 1.165) is 27.2 Å². The number of aromatic amines is 1. The van der Waals surface area contributed by atoms with Crippen molar-refractivity contribution in [2.24, 2.45) is 28.3 Å². The number of ether oxygens (including phenoxy) is 1. The van der Waals surface area contributed by atoms with E-state index in [0.29, 0.717) is 35.4 Å². The number of aliphatic imine (C=N–C) groups is 1. The number of nitrogens with one attached hydrogen (secondary N) is 5. The lowest BCUT2D eigenvalue weighted by Gasteiger charge is -2.20. The summed E-state index contributed by atoms with van der Waals surface area (Å²) >= 11 is 0. The fourth-order valence-electron chi connectivity index (χ4n) is 8.37. The van der Waals surface area contributed by atoms with Crippen LogP contribution in [0, 0.1) is 11.8 Å². The third kappa shape index (κ3) is 21.4. The molecule has 32 nitrogen and oxygen atoms in total. The van der Waals surface area contributed by atoms with Crippen LogP contribution in [0.3, 0.4) is 0 Å². The molecule has 3 amide bonds. The summed E-state index contributed by atoms with van der Waals surface area (Å²) in [6, 6.07) is 9.70. The number of carboxylic acid groups (broad SMARTS) is 3. The number of aryl methyl sites for hydroxylation is 2. The minimum Gasteiger partial charge on any atom is -0.481 e. The molecule has 2 aromatic carbocycles. The second kappa shape index (κ2) is 33.0. The van der Waals surface area contributed by atoms with E-state index in [9.17, 15) is 63.3 Å². The van der Waals surface area contributed by atoms with Crippen LogP contribution in [0.4, 0.5) is 23.4 Å². The first-order chi connectivity index (χ1) is 42.0. The number of fused-ring (bicyclic) bond motifs is 2. The van der Waals surface area contributed by atoms with Crippen molar-refractivity contribution in [3.05, 3.63) is 99.4 Å². The Morgan fingerprint density at radius 3 is 2.07 bits per heavy atom. The van der Waals surface area contributed by atoms with Crippen molar-refractivity contribution < 1.29 is 63.2 Å². The minimum absolute atomic E-state index is 0.00359. The number of esters is 1. The third-order valence-corrected chi connectivity index (χ3v) is 15.4. The Kier molecular flexibility index (Phi) is 25.1. The van der Waals surface area contributed by atoms with Crippen molar-refractivity contribution in [3.8, 4) is 0 Å². The van der Waals surface area contributed by atoms with E-state index in [1.165, 1.54) is 18.3 Å². The zero-order valence-electron chi connectivity index (χ0n) is 47.0. The highest BCUT2D eigenvalue weighted by molar-refractivity contribution is 8.76. The molecule has 4 aromatic heterocycles. The second-order valence-electron chi connectivity index (χ2n) is 19.6. The number of guanidine groups is 1. The Morgan fingerprint density at radius 1 is 0.693 bits per heavy atom. The van der Waals surface area contributed by atoms with Gasteiger partial charge < -0.3 is 70.0 Å². The van der Waals surface area contributed by atoms with Gasteiger partial charge in [-0.15, -0.1) is 0 Å². The first-order valence-corrected chi connectivity index (χ1v) is 29.6. The number of anilines is 4. The molecule has 0 bridgehead atoms. The van der Waals surface area contributed by atoms with Gasteiger partial charge in [0.2, 0.25) is 23.7 Å². The van der Waals surface area contributed by atoms with Crippen LogP contribution < -0.4 is 55.5 Å². The number of rotatable bonds is 36. The number of carbonyl (C=O) groups is 9. The van der Waals surface area contributed by atoms with Crippen molar-refractivity contribution in [3.63, 3.8) is 0 Å². The van der Waals surface area contributed by atoms with Gasteiger partial charge in [0.15, 0.2) is 39.9 Å². The summed E-state index contributed by atoms with van der Waals surface area (Å²) in [5, 5.41) is 40.0. The molecule has 0 fully saturated rings. The molecule has 18 N–H and O–H groups in total.